The highest BCUT2D eigenvalue weighted by molar-refractivity contribution is 6.07. The van der Waals surface area contributed by atoms with Gasteiger partial charge in [-0.05, 0) is 32.4 Å². The number of nitrogens with two attached hydrogens (primary N) is 1. The molecule has 1 aromatic rings. The number of carbonyl (C=O) groups is 1. The van der Waals surface area contributed by atoms with E-state index in [1.807, 2.05) is 19.9 Å². The number of anilines is 1. The second kappa shape index (κ2) is 7.37. The molecule has 0 spiro atoms. The average Bonchev–Trinajstić information content (AvgIpc) is 2.45. The molecule has 2 atom stereocenters. The fourth-order valence-electron chi connectivity index (χ4n) is 1.43. The molecule has 1 aromatic carbocycles. The van der Waals surface area contributed by atoms with Crippen molar-refractivity contribution < 1.29 is 14.7 Å². The van der Waals surface area contributed by atoms with Gasteiger partial charge in [0.25, 0.3) is 0 Å². The van der Waals surface area contributed by atoms with E-state index in [9.17, 15) is 4.79 Å². The molecule has 6 heteroatoms. The van der Waals surface area contributed by atoms with Gasteiger partial charge in [0.2, 0.25) is 5.91 Å². The topological polar surface area (TPSA) is 96.9 Å². The highest BCUT2D eigenvalue weighted by Gasteiger charge is 2.17. The van der Waals surface area contributed by atoms with E-state index in [2.05, 4.69) is 10.5 Å². The maximum atomic E-state index is 11.9. The molecule has 2 unspecified atom stereocenters. The highest BCUT2D eigenvalue weighted by atomic mass is 16.5. The molecule has 0 bridgehead atoms. The molecular formula is C14H21N3O3. The van der Waals surface area contributed by atoms with E-state index in [4.69, 9.17) is 15.7 Å². The monoisotopic (exact) mass is 279 g/mol. The Labute approximate surface area is 118 Å². The van der Waals surface area contributed by atoms with Crippen LogP contribution in [0.4, 0.5) is 5.69 Å². The third-order valence-corrected chi connectivity index (χ3v) is 2.97. The number of oxime groups is 1. The number of nitrogens with zero attached hydrogens (tertiary/aromatic N) is 1. The highest BCUT2D eigenvalue weighted by Crippen LogP contribution is 2.19. The van der Waals surface area contributed by atoms with Gasteiger partial charge in [0.05, 0.1) is 12.0 Å². The van der Waals surface area contributed by atoms with Gasteiger partial charge in [-0.15, -0.1) is 0 Å². The first-order valence-electron chi connectivity index (χ1n) is 6.53. The summed E-state index contributed by atoms with van der Waals surface area (Å²) >= 11 is 0. The molecule has 0 aromatic heterocycles. The van der Waals surface area contributed by atoms with Crippen molar-refractivity contribution in [3.8, 4) is 5.75 Å². The Morgan fingerprint density at radius 1 is 1.50 bits per heavy atom. The van der Waals surface area contributed by atoms with Crippen molar-refractivity contribution in [2.75, 3.05) is 5.32 Å². The van der Waals surface area contributed by atoms with Crippen LogP contribution in [0.3, 0.4) is 0 Å². The number of amidine groups is 1. The molecule has 1 rings (SSSR count). The summed E-state index contributed by atoms with van der Waals surface area (Å²) in [7, 11) is 0. The quantitative estimate of drug-likeness (QED) is 0.322. The number of carbonyl (C=O) groups excluding carboxylic acids is 1. The van der Waals surface area contributed by atoms with Crippen LogP contribution in [-0.2, 0) is 4.79 Å². The lowest BCUT2D eigenvalue weighted by atomic mass is 10.1. The zero-order valence-corrected chi connectivity index (χ0v) is 12.0. The summed E-state index contributed by atoms with van der Waals surface area (Å²) in [5.41, 5.74) is 6.00. The van der Waals surface area contributed by atoms with Crippen LogP contribution >= 0.6 is 0 Å². The van der Waals surface area contributed by atoms with Crippen LogP contribution in [0, 0.1) is 5.92 Å². The third-order valence-electron chi connectivity index (χ3n) is 2.97. The Kier molecular flexibility index (Phi) is 5.83. The van der Waals surface area contributed by atoms with Crippen LogP contribution in [0.15, 0.2) is 29.4 Å². The molecule has 0 aliphatic rings. The van der Waals surface area contributed by atoms with Crippen molar-refractivity contribution in [3.05, 3.63) is 24.3 Å². The second-order valence-electron chi connectivity index (χ2n) is 4.60. The molecule has 0 aliphatic heterocycles. The van der Waals surface area contributed by atoms with E-state index in [1.165, 1.54) is 0 Å². The molecule has 6 nitrogen and oxygen atoms in total. The second-order valence-corrected chi connectivity index (χ2v) is 4.60. The van der Waals surface area contributed by atoms with Gasteiger partial charge in [-0.25, -0.2) is 0 Å². The minimum Gasteiger partial charge on any atom is -0.491 e. The zero-order chi connectivity index (χ0) is 15.1. The number of rotatable bonds is 6. The number of nitrogens with one attached hydrogen (secondary N) is 1. The SMILES string of the molecule is CCC(C)Oc1cccc(NC(=O)C(C)C(N)=NO)c1. The van der Waals surface area contributed by atoms with Crippen LogP contribution in [0.2, 0.25) is 0 Å². The molecule has 20 heavy (non-hydrogen) atoms. The maximum Gasteiger partial charge on any atom is 0.234 e. The normalized spacial score (nSPS) is 14.4. The summed E-state index contributed by atoms with van der Waals surface area (Å²) in [6.45, 7) is 5.57. The van der Waals surface area contributed by atoms with E-state index < -0.39 is 5.92 Å². The molecule has 4 N–H and O–H groups in total. The first-order chi connectivity index (χ1) is 9.47. The lowest BCUT2D eigenvalue weighted by molar-refractivity contribution is -0.117. The van der Waals surface area contributed by atoms with E-state index in [-0.39, 0.29) is 17.8 Å². The van der Waals surface area contributed by atoms with Crippen LogP contribution < -0.4 is 15.8 Å². The number of hydrogen-bond acceptors (Lipinski definition) is 4. The van der Waals surface area contributed by atoms with E-state index >= 15 is 0 Å². The van der Waals surface area contributed by atoms with E-state index in [0.29, 0.717) is 11.4 Å². The molecule has 0 saturated heterocycles. The van der Waals surface area contributed by atoms with Gasteiger partial charge in [0.1, 0.15) is 5.75 Å². The Balaban J connectivity index is 2.73. The van der Waals surface area contributed by atoms with Gasteiger partial charge in [-0.3, -0.25) is 4.79 Å². The lowest BCUT2D eigenvalue weighted by Gasteiger charge is -2.14. The summed E-state index contributed by atoms with van der Waals surface area (Å²) < 4.78 is 5.68. The Bertz CT molecular complexity index is 488. The van der Waals surface area contributed by atoms with E-state index in [0.717, 1.165) is 6.42 Å². The maximum absolute atomic E-state index is 11.9. The number of benzene rings is 1. The van der Waals surface area contributed by atoms with Crippen LogP contribution in [0.5, 0.6) is 5.75 Å². The summed E-state index contributed by atoms with van der Waals surface area (Å²) in [5, 5.41) is 14.1. The minimum absolute atomic E-state index is 0.108. The lowest BCUT2D eigenvalue weighted by Crippen LogP contribution is -2.32. The predicted molar refractivity (Wildman–Crippen MR) is 78.0 cm³/mol. The molecule has 0 aliphatic carbocycles. The summed E-state index contributed by atoms with van der Waals surface area (Å²) in [4.78, 5) is 11.9. The fourth-order valence-corrected chi connectivity index (χ4v) is 1.43. The van der Waals surface area contributed by atoms with Gasteiger partial charge >= 0.3 is 0 Å². The van der Waals surface area contributed by atoms with Crippen molar-refractivity contribution in [1.82, 2.24) is 0 Å². The fraction of sp³-hybridized carbons (Fsp3) is 0.429. The Morgan fingerprint density at radius 2 is 2.20 bits per heavy atom. The van der Waals surface area contributed by atoms with Crippen molar-refractivity contribution in [1.29, 1.82) is 0 Å². The standard InChI is InChI=1S/C14H21N3O3/c1-4-9(2)20-12-7-5-6-11(8-12)16-14(18)10(3)13(15)17-19/h5-10,19H,4H2,1-3H3,(H2,15,17)(H,16,18). The summed E-state index contributed by atoms with van der Waals surface area (Å²) in [6, 6.07) is 7.11. The van der Waals surface area contributed by atoms with Gasteiger partial charge < -0.3 is 21.0 Å². The van der Waals surface area contributed by atoms with Crippen LogP contribution in [0.25, 0.3) is 0 Å². The molecular weight excluding hydrogens is 258 g/mol. The van der Waals surface area contributed by atoms with Crippen LogP contribution in [0.1, 0.15) is 27.2 Å². The van der Waals surface area contributed by atoms with Crippen molar-refractivity contribution >= 4 is 17.4 Å². The molecule has 0 fully saturated rings. The molecule has 0 radical (unpaired) electrons. The van der Waals surface area contributed by atoms with Gasteiger partial charge in [0.15, 0.2) is 5.84 Å². The minimum atomic E-state index is -0.709. The largest absolute Gasteiger partial charge is 0.491 e. The van der Waals surface area contributed by atoms with Crippen molar-refractivity contribution in [3.63, 3.8) is 0 Å². The Morgan fingerprint density at radius 3 is 2.80 bits per heavy atom. The number of ether oxygens (including phenoxy) is 1. The van der Waals surface area contributed by atoms with Crippen molar-refractivity contribution in [2.24, 2.45) is 16.8 Å². The average molecular weight is 279 g/mol. The molecule has 0 saturated carbocycles. The van der Waals surface area contributed by atoms with Gasteiger partial charge in [-0.2, -0.15) is 0 Å². The third kappa shape index (κ3) is 4.46. The van der Waals surface area contributed by atoms with Gasteiger partial charge in [0, 0.05) is 11.8 Å². The van der Waals surface area contributed by atoms with Gasteiger partial charge in [-0.1, -0.05) is 18.1 Å². The summed E-state index contributed by atoms with van der Waals surface area (Å²) in [6.07, 6.45) is 1.01. The van der Waals surface area contributed by atoms with Crippen molar-refractivity contribution in [2.45, 2.75) is 33.3 Å². The molecule has 110 valence electrons. The smallest absolute Gasteiger partial charge is 0.234 e. The summed E-state index contributed by atoms with van der Waals surface area (Å²) in [5.74, 6) is -0.497. The van der Waals surface area contributed by atoms with E-state index in [1.54, 1.807) is 25.1 Å². The Hall–Kier alpha value is -2.24. The predicted octanol–water partition coefficient (Wildman–Crippen LogP) is 2.18. The molecule has 0 heterocycles. The first-order valence-corrected chi connectivity index (χ1v) is 6.53. The number of amides is 1. The first kappa shape index (κ1) is 15.8. The van der Waals surface area contributed by atoms with Crippen LogP contribution in [-0.4, -0.2) is 23.1 Å². The number of hydrogen-bond donors (Lipinski definition) is 3. The molecule has 1 amide bonds. The zero-order valence-electron chi connectivity index (χ0n) is 12.0.